The molecule has 8 aromatic carbocycles. The Kier molecular flexibility index (Phi) is 34.4. The van der Waals surface area contributed by atoms with E-state index in [-0.39, 0.29) is 38.5 Å². The van der Waals surface area contributed by atoms with E-state index in [9.17, 15) is 14.6 Å². The van der Waals surface area contributed by atoms with Crippen LogP contribution in [0.4, 0.5) is 49.9 Å². The highest BCUT2D eigenvalue weighted by Crippen LogP contribution is 2.41. The number of hydrogen-bond acceptors (Lipinski definition) is 30. The van der Waals surface area contributed by atoms with Crippen LogP contribution in [-0.4, -0.2) is 270 Å². The molecular weight excluding hydrogens is 1810 g/mol. The number of aliphatic hydroxyl groups is 3. The van der Waals surface area contributed by atoms with Crippen molar-refractivity contribution in [3.63, 3.8) is 0 Å². The first-order valence-corrected chi connectivity index (χ1v) is 49.1. The van der Waals surface area contributed by atoms with Crippen LogP contribution in [-0.2, 0) is 18.3 Å². The Labute approximate surface area is 831 Å². The van der Waals surface area contributed by atoms with Gasteiger partial charge in [-0.3, -0.25) is 34.4 Å². The molecule has 746 valence electrons. The second-order valence-electron chi connectivity index (χ2n) is 35.7. The van der Waals surface area contributed by atoms with Gasteiger partial charge in [-0.15, -0.1) is 0 Å². The number of anilines is 8. The normalized spacial score (nSPS) is 14.4. The molecule has 143 heavy (non-hydrogen) atoms. The van der Waals surface area contributed by atoms with Gasteiger partial charge in [0.2, 0.25) is 0 Å². The molecule has 34 nitrogen and oxygen atoms in total. The van der Waals surface area contributed by atoms with Crippen LogP contribution in [0.25, 0.3) is 89.2 Å². The third-order valence-electron chi connectivity index (χ3n) is 25.9. The highest BCUT2D eigenvalue weighted by atomic mass is 19.1. The predicted molar refractivity (Wildman–Crippen MR) is 555 cm³/mol. The molecule has 0 spiro atoms. The van der Waals surface area contributed by atoms with Gasteiger partial charge in [-0.1, -0.05) is 0 Å². The monoisotopic (exact) mass is 1940 g/mol. The molecule has 12 heterocycles. The first-order chi connectivity index (χ1) is 70.2. The number of fused-ring (bicyclic) bond motifs is 4. The van der Waals surface area contributed by atoms with Gasteiger partial charge in [0.25, 0.3) is 0 Å². The van der Waals surface area contributed by atoms with Crippen molar-refractivity contribution >= 4 is 89.6 Å². The SMILES string of the molecule is COc1cc(F)cc(N(CCCN2CCCC2)c2ccc3ncc(-c4cnn(C5CCCCO5)c4)nc3c2)c1.COc1cc(OC)cc(N(CCCN2CCCC2)c2ccc3ncc(-c4cn[nH]c4)nc3c2)c1.COc1cc(OC)cc(N(CCCO)c2ccc3ncc(-c4cnn(CCO)c4)nc3c2)c1.COc1cc(OCCO)cc(N(CCCN2CCCC2)c2ccc3ncc(-c4cnn(C)c4)nc3c2)c1. The van der Waals surface area contributed by atoms with E-state index in [0.29, 0.717) is 54.0 Å². The molecule has 0 bridgehead atoms. The van der Waals surface area contributed by atoms with Crippen LogP contribution < -0.4 is 52.8 Å². The van der Waals surface area contributed by atoms with Crippen molar-refractivity contribution in [3.8, 4) is 85.3 Å². The van der Waals surface area contributed by atoms with Gasteiger partial charge in [-0.25, -0.2) is 29.0 Å². The quantitative estimate of drug-likeness (QED) is 0.0278. The Morgan fingerprint density at radius 3 is 1.13 bits per heavy atom. The number of aliphatic hydroxyl groups excluding tert-OH is 3. The molecule has 1 atom stereocenters. The van der Waals surface area contributed by atoms with Crippen LogP contribution in [0.2, 0.25) is 0 Å². The summed E-state index contributed by atoms with van der Waals surface area (Å²) < 4.78 is 64.4. The Balaban J connectivity index is 0.000000131. The predicted octanol–water partition coefficient (Wildman–Crippen LogP) is 17.7. The standard InChI is InChI=1S/C30H35FN6O2.C28H34N6O3.C26H30N6O2.C24H27N5O4/c1-38-26-16-23(31)15-25(17-26)36(13-6-12-35-10-3-4-11-35)24-8-9-27-28(18-24)34-29(20-32-27)22-19-33-37(21-22)30-7-2-5-14-39-30;1-32-20-21(18-30-32)28-19-29-26-7-6-22(16-27(26)31-28)34(11-5-10-33-8-3-4-9-33)23-14-24(36-2)17-25(15-23)37-13-12-35;1-33-22-12-21(13-23(15-22)34-2)32(11-5-10-31-8-3-4-9-31)20-6-7-24-25(14-20)30-26(18-27-24)19-16-28-29-17-19;1-32-20-10-19(11-21(13-20)33-2)29(6-3-8-30)18-4-5-22-23(12-18)27-24(15-25-22)17-14-26-28(16-17)7-9-31/h8-9,15-21,30H,2-7,10-14H2,1H3;6-7,14-20,35H,3-5,8-13H2,1-2H3;6-7,12-18H,3-5,8-11H2,1-2H3,(H,28,29);4-5,10-16,30-31H,3,6-9H2,1-2H3. The van der Waals surface area contributed by atoms with Crippen LogP contribution in [0.1, 0.15) is 89.7 Å². The van der Waals surface area contributed by atoms with E-state index in [1.165, 1.54) is 70.8 Å². The number of hydrogen-bond donors (Lipinski definition) is 4. The van der Waals surface area contributed by atoms with Crippen molar-refractivity contribution in [2.45, 2.75) is 96.2 Å². The number of halogens is 1. The van der Waals surface area contributed by atoms with Crippen LogP contribution in [0, 0.1) is 5.82 Å². The van der Waals surface area contributed by atoms with Crippen LogP contribution in [0.15, 0.2) is 220 Å². The van der Waals surface area contributed by atoms with Crippen molar-refractivity contribution in [3.05, 3.63) is 226 Å². The minimum atomic E-state index is -0.323. The molecular formula is C108H126FN23O11. The fourth-order valence-electron chi connectivity index (χ4n) is 18.5. The lowest BCUT2D eigenvalue weighted by Crippen LogP contribution is -2.26. The summed E-state index contributed by atoms with van der Waals surface area (Å²) in [7, 11) is 11.7. The Morgan fingerprint density at radius 1 is 0.364 bits per heavy atom. The number of aromatic nitrogens is 16. The maximum Gasteiger partial charge on any atom is 0.150 e. The first-order valence-electron chi connectivity index (χ1n) is 49.1. The Morgan fingerprint density at radius 2 is 0.748 bits per heavy atom. The van der Waals surface area contributed by atoms with Gasteiger partial charge in [-0.05, 0) is 221 Å². The number of rotatable bonds is 39. The lowest BCUT2D eigenvalue weighted by molar-refractivity contribution is -0.0394. The van der Waals surface area contributed by atoms with Gasteiger partial charge >= 0.3 is 0 Å². The molecule has 16 aromatic rings. The van der Waals surface area contributed by atoms with Gasteiger partial charge in [0, 0.05) is 206 Å². The van der Waals surface area contributed by atoms with E-state index in [0.717, 1.165) is 238 Å². The number of likely N-dealkylation sites (tertiary alicyclic amines) is 3. The van der Waals surface area contributed by atoms with E-state index >= 15 is 0 Å². The van der Waals surface area contributed by atoms with Gasteiger partial charge in [0.15, 0.2) is 0 Å². The summed E-state index contributed by atoms with van der Waals surface area (Å²) in [5.41, 5.74) is 20.6. The zero-order valence-corrected chi connectivity index (χ0v) is 82.3. The number of H-pyrrole nitrogens is 1. The van der Waals surface area contributed by atoms with Crippen molar-refractivity contribution in [1.29, 1.82) is 0 Å². The zero-order chi connectivity index (χ0) is 98.8. The van der Waals surface area contributed by atoms with Crippen LogP contribution in [0.3, 0.4) is 0 Å². The van der Waals surface area contributed by atoms with E-state index in [1.54, 1.807) is 101 Å². The molecule has 1 unspecified atom stereocenters. The average molecular weight is 1940 g/mol. The number of ether oxygens (including phenoxy) is 8. The molecule has 4 aliphatic rings. The number of methoxy groups -OCH3 is 6. The number of aryl methyl sites for hydroxylation is 1. The third-order valence-corrected chi connectivity index (χ3v) is 25.9. The zero-order valence-electron chi connectivity index (χ0n) is 82.3. The summed E-state index contributed by atoms with van der Waals surface area (Å²) in [6.07, 6.45) is 36.3. The minimum absolute atomic E-state index is 0.0204. The molecule has 4 aliphatic heterocycles. The average Bonchev–Trinajstić information content (AvgIpc) is 1.78. The summed E-state index contributed by atoms with van der Waals surface area (Å²) in [5, 5.41) is 47.8. The molecule has 0 aliphatic carbocycles. The van der Waals surface area contributed by atoms with Gasteiger partial charge in [-0.2, -0.15) is 20.4 Å². The van der Waals surface area contributed by atoms with Gasteiger partial charge in [0.1, 0.15) is 58.9 Å². The van der Waals surface area contributed by atoms with E-state index in [1.807, 2.05) is 140 Å². The van der Waals surface area contributed by atoms with E-state index in [2.05, 4.69) is 116 Å². The molecule has 8 aromatic heterocycles. The highest BCUT2D eigenvalue weighted by Gasteiger charge is 2.25. The van der Waals surface area contributed by atoms with Crippen molar-refractivity contribution < 1.29 is 57.6 Å². The lowest BCUT2D eigenvalue weighted by atomic mass is 10.1. The number of nitrogens with zero attached hydrogens (tertiary/aromatic N) is 22. The van der Waals surface area contributed by atoms with Gasteiger partial charge in [0.05, 0.1) is 179 Å². The Hall–Kier alpha value is -14.6. The Bertz CT molecular complexity index is 6780. The lowest BCUT2D eigenvalue weighted by Gasteiger charge is -2.27. The fourth-order valence-corrected chi connectivity index (χ4v) is 18.5. The fraction of sp³-hybridized carbons (Fsp3) is 0.370. The molecule has 4 fully saturated rings. The third kappa shape index (κ3) is 26.0. The molecule has 20 rings (SSSR count). The second-order valence-corrected chi connectivity index (χ2v) is 35.7. The second kappa shape index (κ2) is 49.2. The molecule has 35 heteroatoms. The minimum Gasteiger partial charge on any atom is -0.497 e. The van der Waals surface area contributed by atoms with Crippen molar-refractivity contribution in [1.82, 2.24) is 94.1 Å². The molecule has 0 saturated carbocycles. The topological polar surface area (TPSA) is 342 Å². The molecule has 4 N–H and O–H groups in total. The maximum absolute atomic E-state index is 14.5. The van der Waals surface area contributed by atoms with Crippen LogP contribution >= 0.6 is 0 Å². The van der Waals surface area contributed by atoms with Crippen molar-refractivity contribution in [2.75, 3.05) is 180 Å². The summed E-state index contributed by atoms with van der Waals surface area (Å²) in [4.78, 5) is 54.4. The summed E-state index contributed by atoms with van der Waals surface area (Å²) >= 11 is 0. The van der Waals surface area contributed by atoms with Crippen LogP contribution in [0.5, 0.6) is 40.2 Å². The number of benzene rings is 8. The molecule has 0 amide bonds. The molecule has 0 radical (unpaired) electrons. The maximum atomic E-state index is 14.5. The first kappa shape index (κ1) is 100.0. The summed E-state index contributed by atoms with van der Waals surface area (Å²) in [6.45, 7) is 14.8. The van der Waals surface area contributed by atoms with Gasteiger partial charge < -0.3 is 87.5 Å². The highest BCUT2D eigenvalue weighted by molar-refractivity contribution is 5.87. The van der Waals surface area contributed by atoms with Crippen molar-refractivity contribution in [2.24, 2.45) is 7.05 Å². The van der Waals surface area contributed by atoms with E-state index in [4.69, 9.17) is 62.9 Å². The van der Waals surface area contributed by atoms with E-state index < -0.39 is 0 Å². The summed E-state index contributed by atoms with van der Waals surface area (Å²) in [6, 6.07) is 46.8. The number of nitrogens with one attached hydrogen (secondary N) is 1. The largest absolute Gasteiger partial charge is 0.497 e. The smallest absolute Gasteiger partial charge is 0.150 e. The number of aromatic amines is 1. The summed E-state index contributed by atoms with van der Waals surface area (Å²) in [5.74, 6) is 4.43. The molecule has 4 saturated heterocycles.